The lowest BCUT2D eigenvalue weighted by molar-refractivity contribution is -0.119. The van der Waals surface area contributed by atoms with Gasteiger partial charge in [-0.05, 0) is 12.8 Å². The summed E-state index contributed by atoms with van der Waals surface area (Å²) in [6.07, 6.45) is 3.46. The van der Waals surface area contributed by atoms with Crippen LogP contribution in [0.25, 0.3) is 0 Å². The molecule has 0 spiro atoms. The van der Waals surface area contributed by atoms with Crippen molar-refractivity contribution in [1.29, 1.82) is 0 Å². The summed E-state index contributed by atoms with van der Waals surface area (Å²) < 4.78 is 1.64. The van der Waals surface area contributed by atoms with E-state index >= 15 is 0 Å². The number of primary amides is 1. The SMILES string of the molecule is Cn1cc(N)c(N2CCCC2C(N)=O)n1. The number of amides is 1. The van der Waals surface area contributed by atoms with Gasteiger partial charge in [-0.1, -0.05) is 0 Å². The van der Waals surface area contributed by atoms with Gasteiger partial charge in [-0.3, -0.25) is 9.48 Å². The predicted octanol–water partition coefficient (Wildman–Crippen LogP) is -0.544. The van der Waals surface area contributed by atoms with Crippen LogP contribution < -0.4 is 16.4 Å². The van der Waals surface area contributed by atoms with Gasteiger partial charge < -0.3 is 16.4 Å². The van der Waals surface area contributed by atoms with Crippen LogP contribution in [0.5, 0.6) is 0 Å². The zero-order chi connectivity index (χ0) is 11.0. The summed E-state index contributed by atoms with van der Waals surface area (Å²) in [6, 6.07) is -0.262. The molecule has 6 heteroatoms. The second kappa shape index (κ2) is 3.45. The highest BCUT2D eigenvalue weighted by molar-refractivity contribution is 5.85. The van der Waals surface area contributed by atoms with Crippen molar-refractivity contribution in [2.24, 2.45) is 12.8 Å². The Balaban J connectivity index is 2.30. The summed E-state index contributed by atoms with van der Waals surface area (Å²) in [5.41, 5.74) is 11.7. The van der Waals surface area contributed by atoms with Gasteiger partial charge in [0.2, 0.25) is 5.91 Å². The Morgan fingerprint density at radius 3 is 2.93 bits per heavy atom. The highest BCUT2D eigenvalue weighted by atomic mass is 16.1. The second-order valence-electron chi connectivity index (χ2n) is 3.84. The van der Waals surface area contributed by atoms with Gasteiger partial charge in [0, 0.05) is 19.8 Å². The molecule has 1 saturated heterocycles. The van der Waals surface area contributed by atoms with Crippen LogP contribution in [0, 0.1) is 0 Å². The average Bonchev–Trinajstić information content (AvgIpc) is 2.71. The zero-order valence-corrected chi connectivity index (χ0v) is 8.68. The van der Waals surface area contributed by atoms with Gasteiger partial charge in [-0.25, -0.2) is 0 Å². The van der Waals surface area contributed by atoms with E-state index in [1.165, 1.54) is 0 Å². The summed E-state index contributed by atoms with van der Waals surface area (Å²) in [7, 11) is 1.80. The fraction of sp³-hybridized carbons (Fsp3) is 0.556. The van der Waals surface area contributed by atoms with Gasteiger partial charge in [-0.2, -0.15) is 5.10 Å². The van der Waals surface area contributed by atoms with Crippen molar-refractivity contribution in [2.75, 3.05) is 17.2 Å². The molecule has 1 fully saturated rings. The standard InChI is InChI=1S/C9H15N5O/c1-13-5-6(10)9(12-13)14-4-2-3-7(14)8(11)15/h5,7H,2-4,10H2,1H3,(H2,11,15). The zero-order valence-electron chi connectivity index (χ0n) is 8.68. The molecule has 0 radical (unpaired) electrons. The van der Waals surface area contributed by atoms with Crippen molar-refractivity contribution in [3.05, 3.63) is 6.20 Å². The van der Waals surface area contributed by atoms with Gasteiger partial charge >= 0.3 is 0 Å². The molecule has 1 atom stereocenters. The van der Waals surface area contributed by atoms with Crippen LogP contribution in [0.1, 0.15) is 12.8 Å². The number of nitrogens with two attached hydrogens (primary N) is 2. The van der Waals surface area contributed by atoms with Crippen LogP contribution in [0.15, 0.2) is 6.20 Å². The Bertz CT molecular complexity index is 386. The number of carbonyl (C=O) groups excluding carboxylic acids is 1. The first-order valence-electron chi connectivity index (χ1n) is 4.94. The molecule has 1 amide bonds. The monoisotopic (exact) mass is 209 g/mol. The fourth-order valence-electron chi connectivity index (χ4n) is 2.03. The first-order chi connectivity index (χ1) is 7.09. The Labute approximate surface area is 87.8 Å². The van der Waals surface area contributed by atoms with E-state index in [2.05, 4.69) is 5.10 Å². The molecule has 0 bridgehead atoms. The number of hydrogen-bond acceptors (Lipinski definition) is 4. The van der Waals surface area contributed by atoms with Crippen molar-refractivity contribution in [1.82, 2.24) is 9.78 Å². The molecule has 0 saturated carbocycles. The van der Waals surface area contributed by atoms with Crippen molar-refractivity contribution in [3.8, 4) is 0 Å². The predicted molar refractivity (Wildman–Crippen MR) is 57.2 cm³/mol. The molecule has 1 aliphatic rings. The lowest BCUT2D eigenvalue weighted by atomic mass is 10.2. The number of nitrogen functional groups attached to an aromatic ring is 1. The molecule has 0 aromatic carbocycles. The lowest BCUT2D eigenvalue weighted by Gasteiger charge is -2.22. The third-order valence-corrected chi connectivity index (χ3v) is 2.69. The molecule has 4 N–H and O–H groups in total. The third kappa shape index (κ3) is 1.62. The highest BCUT2D eigenvalue weighted by Gasteiger charge is 2.31. The number of hydrogen-bond donors (Lipinski definition) is 2. The minimum absolute atomic E-state index is 0.262. The topological polar surface area (TPSA) is 90.2 Å². The van der Waals surface area contributed by atoms with Gasteiger partial charge in [-0.15, -0.1) is 0 Å². The minimum Gasteiger partial charge on any atom is -0.394 e. The minimum atomic E-state index is -0.308. The molecule has 6 nitrogen and oxygen atoms in total. The number of aromatic nitrogens is 2. The fourth-order valence-corrected chi connectivity index (χ4v) is 2.03. The van der Waals surface area contributed by atoms with Crippen molar-refractivity contribution >= 4 is 17.4 Å². The number of carbonyl (C=O) groups is 1. The van der Waals surface area contributed by atoms with Crippen LogP contribution in [0.2, 0.25) is 0 Å². The quantitative estimate of drug-likeness (QED) is 0.684. The van der Waals surface area contributed by atoms with Gasteiger partial charge in [0.15, 0.2) is 5.82 Å². The van der Waals surface area contributed by atoms with Gasteiger partial charge in [0.25, 0.3) is 0 Å². The van der Waals surface area contributed by atoms with Crippen molar-refractivity contribution < 1.29 is 4.79 Å². The Morgan fingerprint density at radius 1 is 1.67 bits per heavy atom. The molecule has 1 aromatic heterocycles. The molecule has 1 unspecified atom stereocenters. The van der Waals surface area contributed by atoms with Gasteiger partial charge in [0.1, 0.15) is 6.04 Å². The maximum Gasteiger partial charge on any atom is 0.240 e. The van der Waals surface area contributed by atoms with E-state index in [1.807, 2.05) is 4.90 Å². The number of rotatable bonds is 2. The third-order valence-electron chi connectivity index (χ3n) is 2.69. The number of anilines is 2. The average molecular weight is 209 g/mol. The second-order valence-corrected chi connectivity index (χ2v) is 3.84. The maximum atomic E-state index is 11.2. The van der Waals surface area contributed by atoms with Crippen molar-refractivity contribution in [2.45, 2.75) is 18.9 Å². The van der Waals surface area contributed by atoms with Crippen LogP contribution >= 0.6 is 0 Å². The molecule has 82 valence electrons. The maximum absolute atomic E-state index is 11.2. The summed E-state index contributed by atoms with van der Waals surface area (Å²) in [4.78, 5) is 13.1. The summed E-state index contributed by atoms with van der Waals surface area (Å²) >= 11 is 0. The summed E-state index contributed by atoms with van der Waals surface area (Å²) in [5.74, 6) is 0.358. The summed E-state index contributed by atoms with van der Waals surface area (Å²) in [6.45, 7) is 0.787. The van der Waals surface area contributed by atoms with Gasteiger partial charge in [0.05, 0.1) is 5.69 Å². The van der Waals surface area contributed by atoms with Crippen LogP contribution in [0.4, 0.5) is 11.5 Å². The lowest BCUT2D eigenvalue weighted by Crippen LogP contribution is -2.40. The Morgan fingerprint density at radius 2 is 2.40 bits per heavy atom. The molecular formula is C9H15N5O. The smallest absolute Gasteiger partial charge is 0.240 e. The van der Waals surface area contributed by atoms with Crippen LogP contribution in [-0.2, 0) is 11.8 Å². The Hall–Kier alpha value is -1.72. The van der Waals surface area contributed by atoms with E-state index in [1.54, 1.807) is 17.9 Å². The Kier molecular flexibility index (Phi) is 2.26. The van der Waals surface area contributed by atoms with E-state index in [-0.39, 0.29) is 11.9 Å². The van der Waals surface area contributed by atoms with E-state index < -0.39 is 0 Å². The number of aryl methyl sites for hydroxylation is 1. The van der Waals surface area contributed by atoms with Crippen LogP contribution in [-0.4, -0.2) is 28.3 Å². The molecule has 2 rings (SSSR count). The van der Waals surface area contributed by atoms with Crippen molar-refractivity contribution in [3.63, 3.8) is 0 Å². The van der Waals surface area contributed by atoms with E-state index in [9.17, 15) is 4.79 Å². The first kappa shape index (κ1) is 9.82. The molecular weight excluding hydrogens is 194 g/mol. The van der Waals surface area contributed by atoms with E-state index in [0.717, 1.165) is 19.4 Å². The first-order valence-corrected chi connectivity index (χ1v) is 4.94. The van der Waals surface area contributed by atoms with E-state index in [0.29, 0.717) is 11.5 Å². The number of nitrogens with zero attached hydrogens (tertiary/aromatic N) is 3. The highest BCUT2D eigenvalue weighted by Crippen LogP contribution is 2.28. The largest absolute Gasteiger partial charge is 0.394 e. The molecule has 0 aliphatic carbocycles. The van der Waals surface area contributed by atoms with Crippen LogP contribution in [0.3, 0.4) is 0 Å². The normalized spacial score (nSPS) is 20.9. The summed E-state index contributed by atoms with van der Waals surface area (Å²) in [5, 5.41) is 4.23. The molecule has 1 aromatic rings. The molecule has 1 aliphatic heterocycles. The molecule has 15 heavy (non-hydrogen) atoms. The van der Waals surface area contributed by atoms with E-state index in [4.69, 9.17) is 11.5 Å². The molecule has 2 heterocycles.